The molecule has 102 valence electrons. The number of pyridine rings is 1. The molecule has 0 saturated carbocycles. The minimum absolute atomic E-state index is 0.195. The number of hydrogen-bond donors (Lipinski definition) is 0. The topological polar surface area (TPSA) is 56.5 Å². The second kappa shape index (κ2) is 4.96. The van der Waals surface area contributed by atoms with Crippen LogP contribution in [0.5, 0.6) is 0 Å². The first-order valence-electron chi connectivity index (χ1n) is 5.74. The van der Waals surface area contributed by atoms with Gasteiger partial charge in [0.2, 0.25) is 5.95 Å². The monoisotopic (exact) mass is 311 g/mol. The van der Waals surface area contributed by atoms with Crippen molar-refractivity contribution in [3.05, 3.63) is 46.3 Å². The van der Waals surface area contributed by atoms with Crippen LogP contribution in [-0.4, -0.2) is 24.7 Å². The average molecular weight is 312 g/mol. The molecule has 1 unspecified atom stereocenters. The summed E-state index contributed by atoms with van der Waals surface area (Å²) in [6, 6.07) is 2.85. The Hall–Kier alpha value is -1.79. The van der Waals surface area contributed by atoms with Gasteiger partial charge in [-0.05, 0) is 13.0 Å². The summed E-state index contributed by atoms with van der Waals surface area (Å²) in [6.07, 6.45) is 2.77. The van der Waals surface area contributed by atoms with E-state index in [1.54, 1.807) is 19.1 Å². The molecular weight excluding hydrogens is 304 g/mol. The van der Waals surface area contributed by atoms with Crippen LogP contribution < -0.4 is 0 Å². The predicted octanol–water partition coefficient (Wildman–Crippen LogP) is 3.28. The molecule has 3 rings (SSSR count). The second-order valence-corrected chi connectivity index (χ2v) is 4.90. The van der Waals surface area contributed by atoms with E-state index in [2.05, 4.69) is 20.1 Å². The summed E-state index contributed by atoms with van der Waals surface area (Å²) in [7, 11) is 0. The van der Waals surface area contributed by atoms with E-state index in [1.165, 1.54) is 17.1 Å². The second-order valence-electron chi connectivity index (χ2n) is 4.16. The highest BCUT2D eigenvalue weighted by Crippen LogP contribution is 2.27. The molecule has 0 aliphatic carbocycles. The smallest absolute Gasteiger partial charge is 0.218 e. The van der Waals surface area contributed by atoms with Crippen molar-refractivity contribution in [2.24, 2.45) is 0 Å². The number of fused-ring (bicyclic) bond motifs is 1. The molecular formula is C12H8Cl2FN5. The molecule has 0 aliphatic heterocycles. The van der Waals surface area contributed by atoms with Gasteiger partial charge in [-0.25, -0.2) is 19.6 Å². The molecule has 3 aromatic heterocycles. The van der Waals surface area contributed by atoms with Crippen molar-refractivity contribution in [2.45, 2.75) is 13.0 Å². The lowest BCUT2D eigenvalue weighted by Gasteiger charge is -2.13. The van der Waals surface area contributed by atoms with Gasteiger partial charge in [0.1, 0.15) is 10.7 Å². The maximum Gasteiger partial charge on any atom is 0.218 e. The van der Waals surface area contributed by atoms with Crippen molar-refractivity contribution in [1.29, 1.82) is 0 Å². The molecule has 3 aromatic rings. The summed E-state index contributed by atoms with van der Waals surface area (Å²) in [5.41, 5.74) is 1.21. The number of rotatable bonds is 2. The van der Waals surface area contributed by atoms with Crippen molar-refractivity contribution in [3.8, 4) is 0 Å². The number of nitrogens with zero attached hydrogens (tertiary/aromatic N) is 5. The molecule has 20 heavy (non-hydrogen) atoms. The third kappa shape index (κ3) is 2.10. The van der Waals surface area contributed by atoms with Gasteiger partial charge in [0.25, 0.3) is 0 Å². The summed E-state index contributed by atoms with van der Waals surface area (Å²) < 4.78 is 15.2. The van der Waals surface area contributed by atoms with Gasteiger partial charge in [-0.3, -0.25) is 0 Å². The summed E-state index contributed by atoms with van der Waals surface area (Å²) in [4.78, 5) is 11.9. The van der Waals surface area contributed by atoms with Crippen LogP contribution in [0.4, 0.5) is 4.39 Å². The van der Waals surface area contributed by atoms with Crippen LogP contribution in [0, 0.1) is 5.95 Å². The minimum atomic E-state index is -0.560. The fourth-order valence-electron chi connectivity index (χ4n) is 1.96. The van der Waals surface area contributed by atoms with Gasteiger partial charge < -0.3 is 0 Å². The molecule has 0 fully saturated rings. The average Bonchev–Trinajstić information content (AvgIpc) is 2.75. The maximum atomic E-state index is 13.8. The van der Waals surface area contributed by atoms with E-state index < -0.39 is 12.0 Å². The first kappa shape index (κ1) is 13.2. The molecule has 8 heteroatoms. The van der Waals surface area contributed by atoms with Crippen molar-refractivity contribution in [1.82, 2.24) is 24.7 Å². The first-order valence-corrected chi connectivity index (χ1v) is 6.50. The molecule has 0 radical (unpaired) electrons. The Kier molecular flexibility index (Phi) is 3.27. The Labute approximate surface area is 123 Å². The third-order valence-electron chi connectivity index (χ3n) is 2.94. The van der Waals surface area contributed by atoms with Crippen LogP contribution in [0.2, 0.25) is 10.3 Å². The maximum absolute atomic E-state index is 13.8. The lowest BCUT2D eigenvalue weighted by Crippen LogP contribution is -2.11. The molecule has 0 aliphatic rings. The van der Waals surface area contributed by atoms with Crippen molar-refractivity contribution in [2.75, 3.05) is 0 Å². The Balaban J connectivity index is 2.19. The lowest BCUT2D eigenvalue weighted by molar-refractivity contribution is 0.508. The first-order chi connectivity index (χ1) is 9.58. The van der Waals surface area contributed by atoms with Crippen LogP contribution in [0.15, 0.2) is 24.5 Å². The van der Waals surface area contributed by atoms with E-state index in [0.717, 1.165) is 0 Å². The number of aromatic nitrogens is 5. The molecule has 1 atom stereocenters. The van der Waals surface area contributed by atoms with Crippen LogP contribution in [0.1, 0.15) is 18.5 Å². The van der Waals surface area contributed by atoms with E-state index in [0.29, 0.717) is 16.7 Å². The van der Waals surface area contributed by atoms with Crippen LogP contribution >= 0.6 is 23.2 Å². The highest BCUT2D eigenvalue weighted by Gasteiger charge is 2.20. The Morgan fingerprint density at radius 3 is 2.85 bits per heavy atom. The van der Waals surface area contributed by atoms with Gasteiger partial charge in [-0.15, -0.1) is 0 Å². The largest absolute Gasteiger partial charge is 0.246 e. The zero-order valence-corrected chi connectivity index (χ0v) is 11.8. The molecule has 3 heterocycles. The van der Waals surface area contributed by atoms with E-state index in [9.17, 15) is 4.39 Å². The summed E-state index contributed by atoms with van der Waals surface area (Å²) in [5.74, 6) is -0.560. The van der Waals surface area contributed by atoms with E-state index >= 15 is 0 Å². The Morgan fingerprint density at radius 2 is 2.10 bits per heavy atom. The van der Waals surface area contributed by atoms with Gasteiger partial charge in [0.05, 0.1) is 12.2 Å². The Morgan fingerprint density at radius 1 is 1.30 bits per heavy atom. The van der Waals surface area contributed by atoms with Crippen LogP contribution in [0.25, 0.3) is 11.2 Å². The van der Waals surface area contributed by atoms with Crippen molar-refractivity contribution < 1.29 is 4.39 Å². The SMILES string of the molecule is CC(c1cccnc1F)n1nc(Cl)c2ncc(Cl)nc21. The molecule has 0 aromatic carbocycles. The molecule has 0 spiro atoms. The van der Waals surface area contributed by atoms with Crippen molar-refractivity contribution in [3.63, 3.8) is 0 Å². The number of halogens is 3. The highest BCUT2D eigenvalue weighted by molar-refractivity contribution is 6.34. The van der Waals surface area contributed by atoms with Gasteiger partial charge in [-0.2, -0.15) is 9.49 Å². The van der Waals surface area contributed by atoms with E-state index in [4.69, 9.17) is 23.2 Å². The molecule has 0 N–H and O–H groups in total. The third-order valence-corrected chi connectivity index (χ3v) is 3.37. The minimum Gasteiger partial charge on any atom is -0.246 e. The summed E-state index contributed by atoms with van der Waals surface area (Å²) in [5, 5.41) is 4.56. The Bertz CT molecular complexity index is 789. The quantitative estimate of drug-likeness (QED) is 0.681. The van der Waals surface area contributed by atoms with Gasteiger partial charge in [-0.1, -0.05) is 29.3 Å². The molecule has 0 amide bonds. The zero-order chi connectivity index (χ0) is 14.3. The van der Waals surface area contributed by atoms with Crippen LogP contribution in [-0.2, 0) is 0 Å². The lowest BCUT2D eigenvalue weighted by atomic mass is 10.1. The molecule has 5 nitrogen and oxygen atoms in total. The normalized spacial score (nSPS) is 12.8. The zero-order valence-electron chi connectivity index (χ0n) is 10.3. The van der Waals surface area contributed by atoms with Crippen LogP contribution in [0.3, 0.4) is 0 Å². The van der Waals surface area contributed by atoms with Gasteiger partial charge in [0, 0.05) is 11.8 Å². The fraction of sp³-hybridized carbons (Fsp3) is 0.167. The van der Waals surface area contributed by atoms with Gasteiger partial charge >= 0.3 is 0 Å². The fourth-order valence-corrected chi connectivity index (χ4v) is 2.31. The molecule has 0 bridgehead atoms. The van der Waals surface area contributed by atoms with Gasteiger partial charge in [0.15, 0.2) is 10.8 Å². The molecule has 0 saturated heterocycles. The predicted molar refractivity (Wildman–Crippen MR) is 73.4 cm³/mol. The van der Waals surface area contributed by atoms with E-state index in [-0.39, 0.29) is 10.3 Å². The number of hydrogen-bond acceptors (Lipinski definition) is 4. The standard InChI is InChI=1S/C12H8Cl2FN5/c1-6(7-3-2-4-16-11(7)15)20-12-9(10(14)19-20)17-5-8(13)18-12/h2-6H,1H3. The van der Waals surface area contributed by atoms with Crippen molar-refractivity contribution >= 4 is 34.4 Å². The summed E-state index contributed by atoms with van der Waals surface area (Å²) >= 11 is 11.9. The summed E-state index contributed by atoms with van der Waals surface area (Å²) in [6.45, 7) is 1.77. The highest BCUT2D eigenvalue weighted by atomic mass is 35.5. The van der Waals surface area contributed by atoms with E-state index in [1.807, 2.05) is 0 Å².